The van der Waals surface area contributed by atoms with E-state index in [1.807, 2.05) is 30.3 Å². The molecule has 0 spiro atoms. The van der Waals surface area contributed by atoms with Crippen molar-refractivity contribution in [3.8, 4) is 6.07 Å². The van der Waals surface area contributed by atoms with Crippen LogP contribution in [0.25, 0.3) is 0 Å². The summed E-state index contributed by atoms with van der Waals surface area (Å²) in [6.07, 6.45) is 1.55. The number of nitrogens with one attached hydrogen (secondary N) is 2. The molecule has 1 aliphatic heterocycles. The number of amides is 2. The van der Waals surface area contributed by atoms with Gasteiger partial charge in [-0.05, 0) is 50.1 Å². The van der Waals surface area contributed by atoms with Crippen LogP contribution < -0.4 is 15.5 Å². The molecular formula is C21H22N4O2. The fourth-order valence-electron chi connectivity index (χ4n) is 3.30. The lowest BCUT2D eigenvalue weighted by Gasteiger charge is -2.34. The number of nitrogens with zero attached hydrogens (tertiary/aromatic N) is 2. The predicted octanol–water partition coefficient (Wildman–Crippen LogP) is 3.55. The van der Waals surface area contributed by atoms with Crippen LogP contribution in [0.4, 0.5) is 16.2 Å². The summed E-state index contributed by atoms with van der Waals surface area (Å²) in [6, 6.07) is 16.5. The van der Waals surface area contributed by atoms with Crippen LogP contribution in [0.1, 0.15) is 35.7 Å². The number of para-hydroxylation sites is 1. The van der Waals surface area contributed by atoms with Crippen LogP contribution in [-0.4, -0.2) is 30.9 Å². The van der Waals surface area contributed by atoms with E-state index < -0.39 is 0 Å². The maximum absolute atomic E-state index is 12.1. The highest BCUT2D eigenvalue weighted by molar-refractivity contribution is 6.00. The smallest absolute Gasteiger partial charge is 0.319 e. The molecule has 0 unspecified atom stereocenters. The Hall–Kier alpha value is -3.33. The van der Waals surface area contributed by atoms with E-state index in [4.69, 9.17) is 5.26 Å². The van der Waals surface area contributed by atoms with Gasteiger partial charge >= 0.3 is 6.03 Å². The molecule has 0 atom stereocenters. The maximum Gasteiger partial charge on any atom is 0.319 e. The second-order valence-electron chi connectivity index (χ2n) is 6.63. The second kappa shape index (κ2) is 8.37. The number of hydrogen-bond donors (Lipinski definition) is 2. The average Bonchev–Trinajstić information content (AvgIpc) is 2.68. The van der Waals surface area contributed by atoms with Crippen LogP contribution in [0.5, 0.6) is 0 Å². The number of ketones is 1. The first-order valence-corrected chi connectivity index (χ1v) is 8.99. The molecule has 0 saturated carbocycles. The van der Waals surface area contributed by atoms with Gasteiger partial charge in [0.05, 0.1) is 11.6 Å². The topological polar surface area (TPSA) is 85.2 Å². The predicted molar refractivity (Wildman–Crippen MR) is 105 cm³/mol. The molecule has 2 N–H and O–H groups in total. The van der Waals surface area contributed by atoms with E-state index >= 15 is 0 Å². The van der Waals surface area contributed by atoms with Gasteiger partial charge in [-0.1, -0.05) is 18.2 Å². The van der Waals surface area contributed by atoms with Gasteiger partial charge in [-0.25, -0.2) is 4.79 Å². The van der Waals surface area contributed by atoms with E-state index in [9.17, 15) is 9.59 Å². The lowest BCUT2D eigenvalue weighted by Crippen LogP contribution is -2.46. The molecule has 6 heteroatoms. The second-order valence-corrected chi connectivity index (χ2v) is 6.63. The van der Waals surface area contributed by atoms with Gasteiger partial charge in [-0.2, -0.15) is 5.26 Å². The highest BCUT2D eigenvalue weighted by Gasteiger charge is 2.23. The number of hydrogen-bond acceptors (Lipinski definition) is 4. The Morgan fingerprint density at radius 3 is 2.44 bits per heavy atom. The molecule has 1 heterocycles. The average molecular weight is 362 g/mol. The van der Waals surface area contributed by atoms with Crippen LogP contribution in [0, 0.1) is 11.3 Å². The molecule has 3 rings (SSSR count). The molecule has 0 aliphatic carbocycles. The third-order valence-corrected chi connectivity index (χ3v) is 4.71. The number of piperidine rings is 1. The van der Waals surface area contributed by atoms with Crippen molar-refractivity contribution in [2.45, 2.75) is 25.8 Å². The van der Waals surface area contributed by atoms with Crippen molar-refractivity contribution in [1.82, 2.24) is 5.32 Å². The zero-order valence-electron chi connectivity index (χ0n) is 15.2. The van der Waals surface area contributed by atoms with Gasteiger partial charge in [0.1, 0.15) is 0 Å². The third kappa shape index (κ3) is 4.64. The molecule has 0 aromatic heterocycles. The molecule has 27 heavy (non-hydrogen) atoms. The highest BCUT2D eigenvalue weighted by Crippen LogP contribution is 2.26. The zero-order chi connectivity index (χ0) is 19.2. The largest absolute Gasteiger partial charge is 0.371 e. The van der Waals surface area contributed by atoms with Gasteiger partial charge in [0.2, 0.25) is 0 Å². The molecule has 0 bridgehead atoms. The number of urea groups is 1. The Bertz CT molecular complexity index is 865. The van der Waals surface area contributed by atoms with Crippen molar-refractivity contribution in [3.63, 3.8) is 0 Å². The van der Waals surface area contributed by atoms with Crippen molar-refractivity contribution in [1.29, 1.82) is 5.26 Å². The fraction of sp³-hybridized carbons (Fsp3) is 0.286. The molecule has 1 fully saturated rings. The van der Waals surface area contributed by atoms with Gasteiger partial charge in [0, 0.05) is 36.1 Å². The van der Waals surface area contributed by atoms with Crippen molar-refractivity contribution in [3.05, 3.63) is 59.7 Å². The van der Waals surface area contributed by atoms with Crippen LogP contribution in [0.15, 0.2) is 48.5 Å². The normalized spacial score (nSPS) is 14.3. The lowest BCUT2D eigenvalue weighted by molar-refractivity contribution is 0.101. The Kier molecular flexibility index (Phi) is 5.72. The van der Waals surface area contributed by atoms with E-state index in [1.165, 1.54) is 6.92 Å². The summed E-state index contributed by atoms with van der Waals surface area (Å²) in [5.74, 6) is -0.0167. The summed E-state index contributed by atoms with van der Waals surface area (Å²) < 4.78 is 0. The molecule has 1 saturated heterocycles. The summed E-state index contributed by atoms with van der Waals surface area (Å²) in [5.41, 5.74) is 2.72. The molecule has 6 nitrogen and oxygen atoms in total. The van der Waals surface area contributed by atoms with Crippen LogP contribution in [0.2, 0.25) is 0 Å². The van der Waals surface area contributed by atoms with E-state index in [0.29, 0.717) is 24.2 Å². The quantitative estimate of drug-likeness (QED) is 0.815. The van der Waals surface area contributed by atoms with Crippen LogP contribution in [-0.2, 0) is 0 Å². The monoisotopic (exact) mass is 362 g/mol. The fourth-order valence-corrected chi connectivity index (χ4v) is 3.30. The van der Waals surface area contributed by atoms with Gasteiger partial charge in [-0.15, -0.1) is 0 Å². The number of anilines is 2. The molecule has 2 aromatic rings. The first kappa shape index (κ1) is 18.5. The minimum Gasteiger partial charge on any atom is -0.371 e. The minimum absolute atomic E-state index is 0.0167. The SMILES string of the molecule is CC(=O)c1ccc(C#N)cc1N1CCC(NC(=O)Nc2ccccc2)CC1. The Morgan fingerprint density at radius 2 is 1.81 bits per heavy atom. The Labute approximate surface area is 158 Å². The molecular weight excluding hydrogens is 340 g/mol. The summed E-state index contributed by atoms with van der Waals surface area (Å²) in [7, 11) is 0. The third-order valence-electron chi connectivity index (χ3n) is 4.71. The standard InChI is InChI=1S/C21H22N4O2/c1-15(26)19-8-7-16(14-22)13-20(19)25-11-9-18(10-12-25)24-21(27)23-17-5-3-2-4-6-17/h2-8,13,18H,9-12H2,1H3,(H2,23,24,27). The summed E-state index contributed by atoms with van der Waals surface area (Å²) in [5, 5.41) is 15.0. The number of benzene rings is 2. The Morgan fingerprint density at radius 1 is 1.11 bits per heavy atom. The van der Waals surface area contributed by atoms with Gasteiger partial charge < -0.3 is 15.5 Å². The number of nitriles is 1. The lowest BCUT2D eigenvalue weighted by atomic mass is 10.0. The number of carbonyl (C=O) groups is 2. The summed E-state index contributed by atoms with van der Waals surface area (Å²) in [6.45, 7) is 2.96. The number of Topliss-reactive ketones (excluding diaryl/α,β-unsaturated/α-hetero) is 1. The van der Waals surface area contributed by atoms with Crippen molar-refractivity contribution in [2.75, 3.05) is 23.3 Å². The molecule has 1 aliphatic rings. The summed E-state index contributed by atoms with van der Waals surface area (Å²) >= 11 is 0. The van der Waals surface area contributed by atoms with E-state index in [0.717, 1.165) is 24.2 Å². The maximum atomic E-state index is 12.1. The van der Waals surface area contributed by atoms with Crippen LogP contribution >= 0.6 is 0 Å². The van der Waals surface area contributed by atoms with E-state index in [2.05, 4.69) is 21.6 Å². The van der Waals surface area contributed by atoms with Crippen LogP contribution in [0.3, 0.4) is 0 Å². The van der Waals surface area contributed by atoms with Gasteiger partial charge in [0.25, 0.3) is 0 Å². The number of rotatable bonds is 4. The molecule has 2 aromatic carbocycles. The number of carbonyl (C=O) groups excluding carboxylic acids is 2. The minimum atomic E-state index is -0.212. The molecule has 138 valence electrons. The summed E-state index contributed by atoms with van der Waals surface area (Å²) in [4.78, 5) is 26.2. The van der Waals surface area contributed by atoms with Crippen molar-refractivity contribution in [2.24, 2.45) is 0 Å². The van der Waals surface area contributed by atoms with Gasteiger partial charge in [-0.3, -0.25) is 4.79 Å². The Balaban J connectivity index is 1.60. The van der Waals surface area contributed by atoms with Crippen molar-refractivity contribution >= 4 is 23.2 Å². The van der Waals surface area contributed by atoms with E-state index in [-0.39, 0.29) is 17.9 Å². The van der Waals surface area contributed by atoms with E-state index in [1.54, 1.807) is 18.2 Å². The van der Waals surface area contributed by atoms with Gasteiger partial charge in [0.15, 0.2) is 5.78 Å². The molecule has 0 radical (unpaired) electrons. The first-order chi connectivity index (χ1) is 13.1. The molecule has 2 amide bonds. The zero-order valence-corrected chi connectivity index (χ0v) is 15.2. The first-order valence-electron chi connectivity index (χ1n) is 8.99. The highest BCUT2D eigenvalue weighted by atomic mass is 16.2. The van der Waals surface area contributed by atoms with Crippen molar-refractivity contribution < 1.29 is 9.59 Å².